The number of amides is 3. The van der Waals surface area contributed by atoms with Crippen molar-refractivity contribution in [1.82, 2.24) is 15.5 Å². The van der Waals surface area contributed by atoms with Gasteiger partial charge in [-0.15, -0.1) is 11.8 Å². The number of anilines is 1. The van der Waals surface area contributed by atoms with E-state index in [4.69, 9.17) is 23.2 Å². The Kier molecular flexibility index (Phi) is 8.12. The van der Waals surface area contributed by atoms with Crippen molar-refractivity contribution in [2.45, 2.75) is 30.2 Å². The molecule has 2 aliphatic heterocycles. The molecule has 176 valence electrons. The number of urea groups is 1. The Morgan fingerprint density at radius 3 is 2.58 bits per heavy atom. The quantitative estimate of drug-likeness (QED) is 0.464. The highest BCUT2D eigenvalue weighted by molar-refractivity contribution is 9.10. The molecule has 10 heteroatoms. The van der Waals surface area contributed by atoms with Crippen LogP contribution in [0.3, 0.4) is 0 Å². The molecule has 0 saturated carbocycles. The Labute approximate surface area is 216 Å². The van der Waals surface area contributed by atoms with Gasteiger partial charge in [0.1, 0.15) is 0 Å². The molecule has 3 amide bonds. The van der Waals surface area contributed by atoms with E-state index in [2.05, 4.69) is 31.9 Å². The smallest absolute Gasteiger partial charge is 0.321 e. The number of nitrogens with one attached hydrogen (secondary N) is 3. The lowest BCUT2D eigenvalue weighted by Gasteiger charge is -2.39. The first kappa shape index (κ1) is 24.7. The number of hydrogen-bond acceptors (Lipinski definition) is 4. The normalized spacial score (nSPS) is 19.5. The molecular formula is C23H25BrCl2N4O2S. The van der Waals surface area contributed by atoms with Gasteiger partial charge in [0.2, 0.25) is 5.91 Å². The molecule has 0 aliphatic carbocycles. The summed E-state index contributed by atoms with van der Waals surface area (Å²) in [7, 11) is 0. The van der Waals surface area contributed by atoms with Crippen molar-refractivity contribution in [2.75, 3.05) is 30.7 Å². The van der Waals surface area contributed by atoms with Gasteiger partial charge in [-0.25, -0.2) is 4.79 Å². The monoisotopic (exact) mass is 570 g/mol. The Morgan fingerprint density at radius 1 is 1.15 bits per heavy atom. The van der Waals surface area contributed by atoms with E-state index in [1.54, 1.807) is 23.9 Å². The number of likely N-dealkylation sites (tertiary alicyclic amines) is 1. The first-order valence-corrected chi connectivity index (χ1v) is 13.3. The zero-order valence-electron chi connectivity index (χ0n) is 17.9. The third-order valence-electron chi connectivity index (χ3n) is 5.94. The molecular weight excluding hydrogens is 547 g/mol. The topological polar surface area (TPSA) is 73.5 Å². The summed E-state index contributed by atoms with van der Waals surface area (Å²) < 4.78 is 0.970. The molecule has 0 bridgehead atoms. The van der Waals surface area contributed by atoms with Gasteiger partial charge < -0.3 is 15.5 Å². The summed E-state index contributed by atoms with van der Waals surface area (Å²) in [4.78, 5) is 27.0. The third-order valence-corrected chi connectivity index (χ3v) is 8.64. The van der Waals surface area contributed by atoms with Crippen LogP contribution in [0, 0.1) is 0 Å². The summed E-state index contributed by atoms with van der Waals surface area (Å²) in [6.07, 6.45) is 2.25. The standard InChI is InChI=1S/C23H25BrCl2N4O2S/c24-16-2-5-18(6-3-16)28-22(32)30-11-8-23(9-12-30)29-20(14-33-23)21(31)27-10-7-15-1-4-17(25)13-19(15)26/h1-6,13,20,29H,7-12,14H2,(H,27,31)(H,28,32). The van der Waals surface area contributed by atoms with Crippen LogP contribution in [-0.2, 0) is 11.2 Å². The van der Waals surface area contributed by atoms with Crippen molar-refractivity contribution >= 4 is 68.5 Å². The molecule has 2 saturated heterocycles. The molecule has 0 aromatic heterocycles. The predicted molar refractivity (Wildman–Crippen MR) is 139 cm³/mol. The predicted octanol–water partition coefficient (Wildman–Crippen LogP) is 5.14. The fourth-order valence-electron chi connectivity index (χ4n) is 4.05. The van der Waals surface area contributed by atoms with Crippen molar-refractivity contribution in [3.05, 3.63) is 62.5 Å². The maximum Gasteiger partial charge on any atom is 0.321 e. The molecule has 1 unspecified atom stereocenters. The molecule has 2 aromatic rings. The molecule has 1 atom stereocenters. The van der Waals surface area contributed by atoms with Crippen molar-refractivity contribution in [3.63, 3.8) is 0 Å². The maximum absolute atomic E-state index is 12.7. The van der Waals surface area contributed by atoms with Crippen LogP contribution in [0.1, 0.15) is 18.4 Å². The largest absolute Gasteiger partial charge is 0.354 e. The highest BCUT2D eigenvalue weighted by Gasteiger charge is 2.44. The fourth-order valence-corrected chi connectivity index (χ4v) is 6.23. The van der Waals surface area contributed by atoms with Crippen LogP contribution in [-0.4, -0.2) is 53.1 Å². The van der Waals surface area contributed by atoms with E-state index in [-0.39, 0.29) is 22.9 Å². The van der Waals surface area contributed by atoms with Crippen molar-refractivity contribution in [1.29, 1.82) is 0 Å². The van der Waals surface area contributed by atoms with Crippen LogP contribution in [0.25, 0.3) is 0 Å². The zero-order valence-corrected chi connectivity index (χ0v) is 21.8. The van der Waals surface area contributed by atoms with Crippen LogP contribution in [0.5, 0.6) is 0 Å². The van der Waals surface area contributed by atoms with Gasteiger partial charge in [-0.3, -0.25) is 10.1 Å². The molecule has 1 spiro atoms. The van der Waals surface area contributed by atoms with E-state index in [1.165, 1.54) is 0 Å². The minimum absolute atomic E-state index is 0.000119. The number of benzene rings is 2. The number of nitrogens with zero attached hydrogens (tertiary/aromatic N) is 1. The van der Waals surface area contributed by atoms with Gasteiger partial charge in [-0.2, -0.15) is 0 Å². The SMILES string of the molecule is O=C(NCCc1ccc(Cl)cc1Cl)C1CSC2(CCN(C(=O)Nc3ccc(Br)cc3)CC2)N1. The van der Waals surface area contributed by atoms with Gasteiger partial charge in [-0.1, -0.05) is 45.2 Å². The minimum Gasteiger partial charge on any atom is -0.354 e. The average Bonchev–Trinajstić information content (AvgIpc) is 3.21. The summed E-state index contributed by atoms with van der Waals surface area (Å²) in [6, 6.07) is 12.6. The van der Waals surface area contributed by atoms with E-state index in [0.717, 1.165) is 34.3 Å². The van der Waals surface area contributed by atoms with Gasteiger partial charge in [0.15, 0.2) is 0 Å². The lowest BCUT2D eigenvalue weighted by atomic mass is 10.0. The van der Waals surface area contributed by atoms with Gasteiger partial charge in [0, 0.05) is 45.6 Å². The Bertz CT molecular complexity index is 1020. The second-order valence-corrected chi connectivity index (χ2v) is 11.4. The van der Waals surface area contributed by atoms with Crippen LogP contribution in [0.4, 0.5) is 10.5 Å². The zero-order chi connectivity index (χ0) is 23.4. The summed E-state index contributed by atoms with van der Waals surface area (Å²) in [6.45, 7) is 1.80. The molecule has 2 heterocycles. The Hall–Kier alpha value is -1.45. The number of thioether (sulfide) groups is 1. The van der Waals surface area contributed by atoms with Gasteiger partial charge >= 0.3 is 6.03 Å². The van der Waals surface area contributed by atoms with E-state index in [1.807, 2.05) is 35.2 Å². The molecule has 4 rings (SSSR count). The summed E-state index contributed by atoms with van der Waals surface area (Å²) in [5, 5.41) is 10.7. The second kappa shape index (κ2) is 10.9. The molecule has 3 N–H and O–H groups in total. The summed E-state index contributed by atoms with van der Waals surface area (Å²) >= 11 is 17.3. The van der Waals surface area contributed by atoms with Crippen molar-refractivity contribution in [3.8, 4) is 0 Å². The van der Waals surface area contributed by atoms with Crippen LogP contribution in [0.15, 0.2) is 46.9 Å². The van der Waals surface area contributed by atoms with Crippen molar-refractivity contribution in [2.24, 2.45) is 0 Å². The molecule has 2 aromatic carbocycles. The number of halogens is 3. The summed E-state index contributed by atoms with van der Waals surface area (Å²) in [5.41, 5.74) is 1.73. The number of carbonyl (C=O) groups is 2. The van der Waals surface area contributed by atoms with E-state index < -0.39 is 0 Å². The van der Waals surface area contributed by atoms with Gasteiger partial charge in [-0.05, 0) is 61.2 Å². The molecule has 33 heavy (non-hydrogen) atoms. The highest BCUT2D eigenvalue weighted by Crippen LogP contribution is 2.39. The molecule has 2 aliphatic rings. The maximum atomic E-state index is 12.7. The fraction of sp³-hybridized carbons (Fsp3) is 0.391. The van der Waals surface area contributed by atoms with Crippen LogP contribution < -0.4 is 16.0 Å². The Morgan fingerprint density at radius 2 is 1.88 bits per heavy atom. The van der Waals surface area contributed by atoms with E-state index >= 15 is 0 Å². The molecule has 2 fully saturated rings. The number of piperidine rings is 1. The third kappa shape index (κ3) is 6.36. The van der Waals surface area contributed by atoms with Gasteiger partial charge in [0.25, 0.3) is 0 Å². The second-order valence-electron chi connectivity index (χ2n) is 8.20. The number of carbonyl (C=O) groups excluding carboxylic acids is 2. The highest BCUT2D eigenvalue weighted by atomic mass is 79.9. The minimum atomic E-state index is -0.237. The van der Waals surface area contributed by atoms with Crippen LogP contribution in [0.2, 0.25) is 10.0 Å². The number of rotatable bonds is 5. The summed E-state index contributed by atoms with van der Waals surface area (Å²) in [5.74, 6) is 0.721. The van der Waals surface area contributed by atoms with Crippen LogP contribution >= 0.6 is 50.9 Å². The molecule has 6 nitrogen and oxygen atoms in total. The first-order valence-electron chi connectivity index (χ1n) is 10.8. The lowest BCUT2D eigenvalue weighted by Crippen LogP contribution is -2.55. The van der Waals surface area contributed by atoms with E-state index in [0.29, 0.717) is 36.1 Å². The molecule has 0 radical (unpaired) electrons. The van der Waals surface area contributed by atoms with E-state index in [9.17, 15) is 9.59 Å². The lowest BCUT2D eigenvalue weighted by molar-refractivity contribution is -0.122. The van der Waals surface area contributed by atoms with Crippen molar-refractivity contribution < 1.29 is 9.59 Å². The van der Waals surface area contributed by atoms with Gasteiger partial charge in [0.05, 0.1) is 10.9 Å². The number of hydrogen-bond donors (Lipinski definition) is 3. The Balaban J connectivity index is 1.21. The average molecular weight is 572 g/mol. The first-order chi connectivity index (χ1) is 15.8.